The van der Waals surface area contributed by atoms with Crippen LogP contribution < -0.4 is 5.32 Å². The van der Waals surface area contributed by atoms with Crippen LogP contribution in [0.1, 0.15) is 47.2 Å². The van der Waals surface area contributed by atoms with Gasteiger partial charge in [0.1, 0.15) is 11.8 Å². The highest BCUT2D eigenvalue weighted by atomic mass is 16.5. The lowest BCUT2D eigenvalue weighted by molar-refractivity contribution is -0.143. The fourth-order valence-electron chi connectivity index (χ4n) is 5.61. The fraction of sp³-hybridized carbons (Fsp3) is 0.483. The molecule has 0 radical (unpaired) electrons. The lowest BCUT2D eigenvalue weighted by atomic mass is 9.96. The molecule has 2 aromatic carbocycles. The zero-order valence-electron chi connectivity index (χ0n) is 21.4. The number of hydrogen-bond acceptors (Lipinski definition) is 5. The molecule has 2 atom stereocenters. The Bertz CT molecular complexity index is 1120. The third-order valence-electron chi connectivity index (χ3n) is 7.67. The summed E-state index contributed by atoms with van der Waals surface area (Å²) in [6.07, 6.45) is 3.19. The van der Waals surface area contributed by atoms with Crippen molar-refractivity contribution in [1.29, 1.82) is 0 Å². The predicted octanol–water partition coefficient (Wildman–Crippen LogP) is 2.69. The van der Waals surface area contributed by atoms with Gasteiger partial charge in [-0.15, -0.1) is 0 Å². The molecule has 1 spiro atoms. The molecule has 8 heteroatoms. The summed E-state index contributed by atoms with van der Waals surface area (Å²) in [4.78, 5) is 43.6. The van der Waals surface area contributed by atoms with Crippen molar-refractivity contribution in [3.8, 4) is 0 Å². The lowest BCUT2D eigenvalue weighted by Gasteiger charge is -2.44. The molecular weight excluding hydrogens is 470 g/mol. The predicted molar refractivity (Wildman–Crippen MR) is 138 cm³/mol. The third-order valence-corrected chi connectivity index (χ3v) is 7.67. The maximum Gasteiger partial charge on any atom is 0.256 e. The van der Waals surface area contributed by atoms with Gasteiger partial charge in [-0.1, -0.05) is 48.0 Å². The summed E-state index contributed by atoms with van der Waals surface area (Å²) in [5.41, 5.74) is 1.56. The van der Waals surface area contributed by atoms with Crippen LogP contribution in [0.4, 0.5) is 0 Å². The third kappa shape index (κ3) is 5.55. The minimum Gasteiger partial charge on any atom is -0.376 e. The second-order valence-electron chi connectivity index (χ2n) is 10.2. The summed E-state index contributed by atoms with van der Waals surface area (Å²) in [5, 5.41) is 2.99. The summed E-state index contributed by atoms with van der Waals surface area (Å²) in [7, 11) is 0. The van der Waals surface area contributed by atoms with Gasteiger partial charge >= 0.3 is 0 Å². The second-order valence-corrected chi connectivity index (χ2v) is 10.2. The number of ether oxygens (including phenoxy) is 2. The van der Waals surface area contributed by atoms with Crippen molar-refractivity contribution >= 4 is 17.7 Å². The standard InChI is InChI=1S/C29H35N3O5/c1-21-7-5-10-23(17-21)28(35)32-25(27(34)30-19-24-11-6-16-36-24)20-37-29(32)12-14-31(15-13-29)26(33)18-22-8-3-2-4-9-22/h2-5,7-10,17,24-25H,6,11-16,18-20H2,1H3,(H,30,34). The first-order chi connectivity index (χ1) is 17.9. The van der Waals surface area contributed by atoms with Crippen molar-refractivity contribution < 1.29 is 23.9 Å². The molecule has 2 aromatic rings. The molecular formula is C29H35N3O5. The van der Waals surface area contributed by atoms with Crippen LogP contribution in [0, 0.1) is 6.92 Å². The Morgan fingerprint density at radius 3 is 2.54 bits per heavy atom. The van der Waals surface area contributed by atoms with Crippen molar-refractivity contribution in [2.75, 3.05) is 32.8 Å². The molecule has 3 fully saturated rings. The average Bonchev–Trinajstić information content (AvgIpc) is 3.56. The minimum atomic E-state index is -0.920. The van der Waals surface area contributed by atoms with E-state index in [0.29, 0.717) is 51.1 Å². The van der Waals surface area contributed by atoms with Crippen LogP contribution in [0.5, 0.6) is 0 Å². The van der Waals surface area contributed by atoms with E-state index in [2.05, 4.69) is 5.32 Å². The maximum absolute atomic E-state index is 13.9. The number of carbonyl (C=O) groups is 3. The van der Waals surface area contributed by atoms with Crippen molar-refractivity contribution in [3.05, 3.63) is 71.3 Å². The number of piperidine rings is 1. The highest BCUT2D eigenvalue weighted by Crippen LogP contribution is 2.38. The van der Waals surface area contributed by atoms with Crippen LogP contribution in [0.3, 0.4) is 0 Å². The SMILES string of the molecule is Cc1cccc(C(=O)N2C(C(=O)NCC3CCCO3)COC23CCN(C(=O)Cc2ccccc2)CC3)c1. The molecule has 3 saturated heterocycles. The first kappa shape index (κ1) is 25.4. The number of rotatable bonds is 6. The molecule has 3 heterocycles. The monoisotopic (exact) mass is 505 g/mol. The van der Waals surface area contributed by atoms with Crippen LogP contribution in [0.25, 0.3) is 0 Å². The van der Waals surface area contributed by atoms with Crippen LogP contribution in [0.15, 0.2) is 54.6 Å². The van der Waals surface area contributed by atoms with Gasteiger partial charge in [0.05, 0.1) is 19.1 Å². The second kappa shape index (κ2) is 11.0. The number of likely N-dealkylation sites (tertiary alicyclic amines) is 1. The summed E-state index contributed by atoms with van der Waals surface area (Å²) in [5.74, 6) is -0.389. The van der Waals surface area contributed by atoms with Gasteiger partial charge in [0.15, 0.2) is 0 Å². The molecule has 3 amide bonds. The van der Waals surface area contributed by atoms with E-state index in [1.54, 1.807) is 11.0 Å². The Balaban J connectivity index is 1.32. The van der Waals surface area contributed by atoms with Gasteiger partial charge in [-0.25, -0.2) is 0 Å². The van der Waals surface area contributed by atoms with Gasteiger partial charge in [0.2, 0.25) is 11.8 Å². The molecule has 0 bridgehead atoms. The molecule has 0 saturated carbocycles. The smallest absolute Gasteiger partial charge is 0.256 e. The normalized spacial score (nSPS) is 22.8. The van der Waals surface area contributed by atoms with E-state index in [1.807, 2.05) is 60.4 Å². The average molecular weight is 506 g/mol. The largest absolute Gasteiger partial charge is 0.376 e. The van der Waals surface area contributed by atoms with E-state index in [1.165, 1.54) is 0 Å². The molecule has 0 aliphatic carbocycles. The van der Waals surface area contributed by atoms with Gasteiger partial charge in [-0.05, 0) is 37.5 Å². The van der Waals surface area contributed by atoms with Crippen molar-refractivity contribution in [2.45, 2.75) is 56.9 Å². The maximum atomic E-state index is 13.9. The van der Waals surface area contributed by atoms with E-state index in [-0.39, 0.29) is 30.4 Å². The molecule has 2 unspecified atom stereocenters. The number of carbonyl (C=O) groups excluding carboxylic acids is 3. The molecule has 3 aliphatic rings. The van der Waals surface area contributed by atoms with Crippen molar-refractivity contribution in [2.24, 2.45) is 0 Å². The topological polar surface area (TPSA) is 88.2 Å². The Kier molecular flexibility index (Phi) is 7.58. The van der Waals surface area contributed by atoms with Gasteiger partial charge in [-0.3, -0.25) is 19.3 Å². The van der Waals surface area contributed by atoms with Gasteiger partial charge in [-0.2, -0.15) is 0 Å². The number of amides is 3. The fourth-order valence-corrected chi connectivity index (χ4v) is 5.61. The number of benzene rings is 2. The minimum absolute atomic E-state index is 0.0139. The quantitative estimate of drug-likeness (QED) is 0.652. The number of aryl methyl sites for hydroxylation is 1. The number of nitrogens with one attached hydrogen (secondary N) is 1. The molecule has 3 aliphatic heterocycles. The Labute approximate surface area is 217 Å². The number of nitrogens with zero attached hydrogens (tertiary/aromatic N) is 2. The summed E-state index contributed by atoms with van der Waals surface area (Å²) in [6, 6.07) is 16.4. The van der Waals surface area contributed by atoms with Crippen LogP contribution in [-0.2, 0) is 25.5 Å². The first-order valence-corrected chi connectivity index (χ1v) is 13.2. The molecule has 37 heavy (non-hydrogen) atoms. The Hall–Kier alpha value is -3.23. The zero-order valence-corrected chi connectivity index (χ0v) is 21.4. The van der Waals surface area contributed by atoms with Gasteiger partial charge < -0.3 is 19.7 Å². The Morgan fingerprint density at radius 2 is 1.84 bits per heavy atom. The van der Waals surface area contributed by atoms with Crippen LogP contribution >= 0.6 is 0 Å². The highest BCUT2D eigenvalue weighted by Gasteiger charge is 2.54. The molecule has 1 N–H and O–H groups in total. The van der Waals surface area contributed by atoms with Crippen LogP contribution in [0.2, 0.25) is 0 Å². The van der Waals surface area contributed by atoms with Crippen molar-refractivity contribution in [1.82, 2.24) is 15.1 Å². The van der Waals surface area contributed by atoms with E-state index in [4.69, 9.17) is 9.47 Å². The van der Waals surface area contributed by atoms with Crippen LogP contribution in [-0.4, -0.2) is 78.2 Å². The van der Waals surface area contributed by atoms with Crippen molar-refractivity contribution in [3.63, 3.8) is 0 Å². The summed E-state index contributed by atoms with van der Waals surface area (Å²) < 4.78 is 11.9. The zero-order chi connectivity index (χ0) is 25.8. The highest BCUT2D eigenvalue weighted by molar-refractivity contribution is 5.98. The lowest BCUT2D eigenvalue weighted by Crippen LogP contribution is -2.60. The molecule has 8 nitrogen and oxygen atoms in total. The number of hydrogen-bond donors (Lipinski definition) is 1. The van der Waals surface area contributed by atoms with Gasteiger partial charge in [0.25, 0.3) is 5.91 Å². The van der Waals surface area contributed by atoms with E-state index in [9.17, 15) is 14.4 Å². The Morgan fingerprint density at radius 1 is 1.05 bits per heavy atom. The molecule has 0 aromatic heterocycles. The molecule has 196 valence electrons. The van der Waals surface area contributed by atoms with E-state index in [0.717, 1.165) is 24.0 Å². The van der Waals surface area contributed by atoms with E-state index < -0.39 is 11.8 Å². The van der Waals surface area contributed by atoms with E-state index >= 15 is 0 Å². The molecule has 5 rings (SSSR count). The first-order valence-electron chi connectivity index (χ1n) is 13.2. The van der Waals surface area contributed by atoms with Gasteiger partial charge in [0, 0.05) is 44.6 Å². The summed E-state index contributed by atoms with van der Waals surface area (Å²) >= 11 is 0. The summed E-state index contributed by atoms with van der Waals surface area (Å²) in [6.45, 7) is 4.15.